The normalized spacial score (nSPS) is 28.5. The third kappa shape index (κ3) is 2.89. The molecule has 0 aliphatic heterocycles. The second kappa shape index (κ2) is 6.52. The van der Waals surface area contributed by atoms with Crippen molar-refractivity contribution in [2.45, 2.75) is 38.7 Å². The summed E-state index contributed by atoms with van der Waals surface area (Å²) in [6, 6.07) is 6.81. The number of aliphatic hydroxyl groups is 1. The van der Waals surface area contributed by atoms with Gasteiger partial charge in [0.2, 0.25) is 10.0 Å². The molecule has 8 heteroatoms. The second-order valence-corrected chi connectivity index (χ2v) is 11.3. The van der Waals surface area contributed by atoms with Gasteiger partial charge in [-0.1, -0.05) is 19.9 Å². The van der Waals surface area contributed by atoms with Gasteiger partial charge in [0.05, 0.1) is 18.6 Å². The van der Waals surface area contributed by atoms with Crippen LogP contribution in [0, 0.1) is 16.7 Å². The van der Waals surface area contributed by atoms with E-state index in [9.17, 15) is 18.3 Å². The molecule has 152 valence electrons. The molecule has 2 aliphatic rings. The zero-order valence-corrected chi connectivity index (χ0v) is 17.6. The van der Waals surface area contributed by atoms with Gasteiger partial charge in [-0.25, -0.2) is 13.1 Å². The zero-order chi connectivity index (χ0) is 20.2. The molecule has 0 saturated heterocycles. The SMILES string of the molecule is CC1(C)[C@H]2CC[C@@]1(CS(=O)(=O)NC[C@@](O)(c1ccco1)c1cccs1)C(=O)C2. The van der Waals surface area contributed by atoms with Crippen LogP contribution < -0.4 is 4.72 Å². The van der Waals surface area contributed by atoms with Gasteiger partial charge in [-0.2, -0.15) is 0 Å². The third-order valence-electron chi connectivity index (χ3n) is 6.98. The van der Waals surface area contributed by atoms with E-state index in [1.54, 1.807) is 24.3 Å². The number of sulfonamides is 1. The lowest BCUT2D eigenvalue weighted by Crippen LogP contribution is -2.48. The molecule has 2 saturated carbocycles. The van der Waals surface area contributed by atoms with Gasteiger partial charge in [0.25, 0.3) is 0 Å². The summed E-state index contributed by atoms with van der Waals surface area (Å²) in [5.41, 5.74) is -2.77. The van der Waals surface area contributed by atoms with Gasteiger partial charge in [0.1, 0.15) is 11.5 Å². The van der Waals surface area contributed by atoms with Crippen LogP contribution in [0.15, 0.2) is 40.3 Å². The van der Waals surface area contributed by atoms with Crippen molar-refractivity contribution in [3.05, 3.63) is 46.5 Å². The third-order valence-corrected chi connectivity index (χ3v) is 9.46. The fraction of sp³-hybridized carbons (Fsp3) is 0.550. The standard InChI is InChI=1S/C20H25NO5S2/c1-18(2)14-7-8-19(18,15(22)11-14)13-28(24,25)21-12-20(23,16-5-3-9-26-16)17-6-4-10-27-17/h3-6,9-10,14,21,23H,7-8,11-13H2,1-2H3/t14-,19+,20+/m0/s1. The van der Waals surface area contributed by atoms with Crippen molar-refractivity contribution in [2.24, 2.45) is 16.7 Å². The summed E-state index contributed by atoms with van der Waals surface area (Å²) in [5.74, 6) is 0.343. The molecule has 2 bridgehead atoms. The van der Waals surface area contributed by atoms with Crippen molar-refractivity contribution >= 4 is 27.1 Å². The first-order valence-corrected chi connectivity index (χ1v) is 11.9. The molecule has 3 atom stereocenters. The summed E-state index contributed by atoms with van der Waals surface area (Å²) >= 11 is 1.32. The average molecular weight is 424 g/mol. The highest BCUT2D eigenvalue weighted by Gasteiger charge is 2.65. The van der Waals surface area contributed by atoms with E-state index in [0.29, 0.717) is 17.7 Å². The van der Waals surface area contributed by atoms with Gasteiger partial charge in [-0.3, -0.25) is 4.79 Å². The van der Waals surface area contributed by atoms with Crippen molar-refractivity contribution in [3.63, 3.8) is 0 Å². The second-order valence-electron chi connectivity index (χ2n) is 8.56. The summed E-state index contributed by atoms with van der Waals surface area (Å²) < 4.78 is 33.9. The number of Topliss-reactive ketones (excluding diaryl/α,β-unsaturated/α-hetero) is 1. The van der Waals surface area contributed by atoms with Gasteiger partial charge in [-0.05, 0) is 47.8 Å². The number of fused-ring (bicyclic) bond motifs is 2. The van der Waals surface area contributed by atoms with Crippen molar-refractivity contribution in [1.82, 2.24) is 4.72 Å². The molecule has 0 spiro atoms. The van der Waals surface area contributed by atoms with Gasteiger partial charge in [0, 0.05) is 16.7 Å². The van der Waals surface area contributed by atoms with Crippen molar-refractivity contribution in [3.8, 4) is 0 Å². The predicted molar refractivity (Wildman–Crippen MR) is 106 cm³/mol. The Morgan fingerprint density at radius 1 is 1.36 bits per heavy atom. The lowest BCUT2D eigenvalue weighted by molar-refractivity contribution is -0.128. The van der Waals surface area contributed by atoms with Crippen LogP contribution in [-0.2, 0) is 20.4 Å². The first kappa shape index (κ1) is 19.8. The molecule has 2 fully saturated rings. The molecular weight excluding hydrogens is 398 g/mol. The van der Waals surface area contributed by atoms with E-state index in [4.69, 9.17) is 4.42 Å². The van der Waals surface area contributed by atoms with Crippen LogP contribution in [-0.4, -0.2) is 31.6 Å². The van der Waals surface area contributed by atoms with Gasteiger partial charge >= 0.3 is 0 Å². The topological polar surface area (TPSA) is 96.6 Å². The Morgan fingerprint density at radius 3 is 2.68 bits per heavy atom. The fourth-order valence-corrected chi connectivity index (χ4v) is 7.71. The Kier molecular flexibility index (Phi) is 4.61. The van der Waals surface area contributed by atoms with Crippen molar-refractivity contribution < 1.29 is 22.7 Å². The number of thiophene rings is 1. The summed E-state index contributed by atoms with van der Waals surface area (Å²) in [5, 5.41) is 13.1. The molecule has 2 aromatic heterocycles. The van der Waals surface area contributed by atoms with Crippen LogP contribution >= 0.6 is 11.3 Å². The number of ketones is 1. The predicted octanol–water partition coefficient (Wildman–Crippen LogP) is 2.89. The summed E-state index contributed by atoms with van der Waals surface area (Å²) in [7, 11) is -3.80. The van der Waals surface area contributed by atoms with Crippen LogP contribution in [0.4, 0.5) is 0 Å². The summed E-state index contributed by atoms with van der Waals surface area (Å²) in [6.45, 7) is 3.77. The Balaban J connectivity index is 1.57. The lowest BCUT2D eigenvalue weighted by atomic mass is 9.70. The van der Waals surface area contributed by atoms with E-state index in [2.05, 4.69) is 4.72 Å². The molecule has 2 heterocycles. The minimum atomic E-state index is -3.80. The highest BCUT2D eigenvalue weighted by atomic mass is 32.2. The molecule has 0 amide bonds. The fourth-order valence-electron chi connectivity index (χ4n) is 5.02. The molecule has 0 aromatic carbocycles. The summed E-state index contributed by atoms with van der Waals surface area (Å²) in [6.07, 6.45) is 3.41. The van der Waals surface area contributed by atoms with Crippen LogP contribution in [0.5, 0.6) is 0 Å². The molecule has 2 N–H and O–H groups in total. The molecule has 2 aromatic rings. The maximum absolute atomic E-state index is 13.0. The number of hydrogen-bond donors (Lipinski definition) is 2. The van der Waals surface area contributed by atoms with Gasteiger partial charge in [-0.15, -0.1) is 11.3 Å². The van der Waals surface area contributed by atoms with Crippen LogP contribution in [0.3, 0.4) is 0 Å². The Bertz CT molecular complexity index is 928. The Labute approximate surface area is 169 Å². The molecule has 0 unspecified atom stereocenters. The number of nitrogens with one attached hydrogen (secondary N) is 1. The number of furan rings is 1. The van der Waals surface area contributed by atoms with E-state index in [1.165, 1.54) is 17.6 Å². The van der Waals surface area contributed by atoms with Crippen molar-refractivity contribution in [2.75, 3.05) is 12.3 Å². The molecule has 0 radical (unpaired) electrons. The van der Waals surface area contributed by atoms with Crippen LogP contribution in [0.1, 0.15) is 43.7 Å². The maximum Gasteiger partial charge on any atom is 0.212 e. The first-order chi connectivity index (χ1) is 13.1. The summed E-state index contributed by atoms with van der Waals surface area (Å²) in [4.78, 5) is 13.3. The highest BCUT2D eigenvalue weighted by molar-refractivity contribution is 7.89. The quantitative estimate of drug-likeness (QED) is 0.714. The molecule has 28 heavy (non-hydrogen) atoms. The highest BCUT2D eigenvalue weighted by Crippen LogP contribution is 2.64. The smallest absolute Gasteiger partial charge is 0.212 e. The minimum Gasteiger partial charge on any atom is -0.466 e. The Hall–Kier alpha value is -1.48. The molecule has 2 aliphatic carbocycles. The number of carbonyl (C=O) groups excluding carboxylic acids is 1. The first-order valence-electron chi connectivity index (χ1n) is 9.42. The van der Waals surface area contributed by atoms with E-state index in [1.807, 2.05) is 19.2 Å². The van der Waals surface area contributed by atoms with E-state index in [0.717, 1.165) is 6.42 Å². The molecule has 4 rings (SSSR count). The van der Waals surface area contributed by atoms with Crippen LogP contribution in [0.2, 0.25) is 0 Å². The monoisotopic (exact) mass is 423 g/mol. The van der Waals surface area contributed by atoms with E-state index < -0.39 is 21.0 Å². The maximum atomic E-state index is 13.0. The largest absolute Gasteiger partial charge is 0.466 e. The number of rotatable bonds is 7. The Morgan fingerprint density at radius 2 is 2.14 bits per heavy atom. The van der Waals surface area contributed by atoms with Gasteiger partial charge in [0.15, 0.2) is 5.60 Å². The lowest BCUT2D eigenvalue weighted by Gasteiger charge is -2.36. The van der Waals surface area contributed by atoms with Crippen LogP contribution in [0.25, 0.3) is 0 Å². The molecular formula is C20H25NO5S2. The van der Waals surface area contributed by atoms with E-state index in [-0.39, 0.29) is 35.2 Å². The zero-order valence-electron chi connectivity index (χ0n) is 16.0. The van der Waals surface area contributed by atoms with Gasteiger partial charge < -0.3 is 9.52 Å². The van der Waals surface area contributed by atoms with Crippen molar-refractivity contribution in [1.29, 1.82) is 0 Å². The molecule has 6 nitrogen and oxygen atoms in total. The number of carbonyl (C=O) groups is 1. The number of hydrogen-bond acceptors (Lipinski definition) is 6. The average Bonchev–Trinajstić information content (AvgIpc) is 3.39. The van der Waals surface area contributed by atoms with E-state index >= 15 is 0 Å². The minimum absolute atomic E-state index is 0.0543.